The van der Waals surface area contributed by atoms with Crippen LogP contribution in [0, 0.1) is 0 Å². The fourth-order valence-corrected chi connectivity index (χ4v) is 9.95. The Morgan fingerprint density at radius 1 is 0.177 bits per heavy atom. The third-order valence-electron chi connectivity index (χ3n) is 12.6. The van der Waals surface area contributed by atoms with Crippen LogP contribution in [0.5, 0.6) is 0 Å². The molecular formula is C58H34N4. The Hall–Kier alpha value is -8.34. The number of fused-ring (bicyclic) bond motifs is 8. The summed E-state index contributed by atoms with van der Waals surface area (Å²) in [5, 5.41) is 8.76. The lowest BCUT2D eigenvalue weighted by Crippen LogP contribution is -1.99. The lowest BCUT2D eigenvalue weighted by molar-refractivity contribution is 1.48. The molecule has 0 aliphatic carbocycles. The highest BCUT2D eigenvalue weighted by atomic mass is 14.7. The first-order chi connectivity index (χ1) is 30.8. The van der Waals surface area contributed by atoms with Gasteiger partial charge in [-0.1, -0.05) is 146 Å². The molecule has 0 radical (unpaired) electrons. The van der Waals surface area contributed by atoms with E-state index < -0.39 is 0 Å². The fraction of sp³-hybridized carbons (Fsp3) is 0. The van der Waals surface area contributed by atoms with E-state index in [4.69, 9.17) is 19.9 Å². The molecule has 0 saturated carbocycles. The summed E-state index contributed by atoms with van der Waals surface area (Å²) in [4.78, 5) is 20.9. The second kappa shape index (κ2) is 13.6. The minimum atomic E-state index is 0.952. The van der Waals surface area contributed by atoms with Crippen molar-refractivity contribution in [3.63, 3.8) is 0 Å². The van der Waals surface area contributed by atoms with Crippen LogP contribution in [0.4, 0.5) is 0 Å². The van der Waals surface area contributed by atoms with E-state index in [-0.39, 0.29) is 0 Å². The van der Waals surface area contributed by atoms with Crippen LogP contribution in [0.2, 0.25) is 0 Å². The zero-order valence-corrected chi connectivity index (χ0v) is 33.4. The predicted molar refractivity (Wildman–Crippen MR) is 259 cm³/mol. The van der Waals surface area contributed by atoms with Gasteiger partial charge in [-0.05, 0) is 82.9 Å². The molecule has 4 heterocycles. The largest absolute Gasteiger partial charge is 0.248 e. The molecule has 4 heteroatoms. The van der Waals surface area contributed by atoms with Crippen LogP contribution < -0.4 is 0 Å². The number of aromatic nitrogens is 4. The number of pyridine rings is 4. The molecule has 286 valence electrons. The van der Waals surface area contributed by atoms with Crippen molar-refractivity contribution < 1.29 is 0 Å². The van der Waals surface area contributed by atoms with Gasteiger partial charge in [0.1, 0.15) is 0 Å². The summed E-state index contributed by atoms with van der Waals surface area (Å²) in [6.45, 7) is 0. The maximum Gasteiger partial charge on any atom is 0.0715 e. The molecule has 62 heavy (non-hydrogen) atoms. The van der Waals surface area contributed by atoms with E-state index in [0.29, 0.717) is 0 Å². The van der Waals surface area contributed by atoms with Gasteiger partial charge >= 0.3 is 0 Å². The van der Waals surface area contributed by atoms with E-state index >= 15 is 0 Å². The minimum absolute atomic E-state index is 0.952. The monoisotopic (exact) mass is 786 g/mol. The first kappa shape index (κ1) is 34.5. The molecule has 13 aromatic rings. The van der Waals surface area contributed by atoms with Gasteiger partial charge in [-0.25, -0.2) is 19.9 Å². The summed E-state index contributed by atoms with van der Waals surface area (Å²) in [5.41, 5.74) is 16.7. The molecule has 13 rings (SSSR count). The van der Waals surface area contributed by atoms with Gasteiger partial charge in [-0.3, -0.25) is 0 Å². The summed E-state index contributed by atoms with van der Waals surface area (Å²) in [6.07, 6.45) is 0. The lowest BCUT2D eigenvalue weighted by Gasteiger charge is -2.24. The smallest absolute Gasteiger partial charge is 0.0715 e. The van der Waals surface area contributed by atoms with Crippen LogP contribution in [0.15, 0.2) is 206 Å². The van der Waals surface area contributed by atoms with Crippen molar-refractivity contribution in [3.05, 3.63) is 206 Å². The van der Waals surface area contributed by atoms with E-state index in [1.807, 2.05) is 0 Å². The van der Waals surface area contributed by atoms with Gasteiger partial charge in [0.25, 0.3) is 0 Å². The van der Waals surface area contributed by atoms with Gasteiger partial charge in [-0.15, -0.1) is 0 Å². The summed E-state index contributed by atoms with van der Waals surface area (Å²) in [6, 6.07) is 73.6. The topological polar surface area (TPSA) is 51.6 Å². The third kappa shape index (κ3) is 5.20. The summed E-state index contributed by atoms with van der Waals surface area (Å²) in [5.74, 6) is 0. The first-order valence-corrected chi connectivity index (χ1v) is 21.1. The molecule has 0 N–H and O–H groups in total. The second-order valence-electron chi connectivity index (χ2n) is 16.0. The van der Waals surface area contributed by atoms with E-state index in [9.17, 15) is 0 Å². The number of benzene rings is 9. The molecular weight excluding hydrogens is 753 g/mol. The minimum Gasteiger partial charge on any atom is -0.248 e. The quantitative estimate of drug-likeness (QED) is 0.167. The van der Waals surface area contributed by atoms with Crippen LogP contribution >= 0.6 is 0 Å². The summed E-state index contributed by atoms with van der Waals surface area (Å²) in [7, 11) is 0. The SMILES string of the molecule is c1ccc2c(-c3cc(-c4c5ccccc5nc5ccccc45)c(-c4c5ccccc5nc5ccccc45)cc3-c3c4ccccc4nc4ccccc34)c3ccccc3nc2c1. The Kier molecular flexibility index (Phi) is 7.57. The van der Waals surface area contributed by atoms with Gasteiger partial charge in [0.05, 0.1) is 44.1 Å². The van der Waals surface area contributed by atoms with Crippen LogP contribution in [-0.4, -0.2) is 19.9 Å². The average molecular weight is 787 g/mol. The number of hydrogen-bond acceptors (Lipinski definition) is 4. The highest BCUT2D eigenvalue weighted by Crippen LogP contribution is 2.52. The van der Waals surface area contributed by atoms with Gasteiger partial charge in [0.15, 0.2) is 0 Å². The molecule has 4 aromatic heterocycles. The summed E-state index contributed by atoms with van der Waals surface area (Å²) >= 11 is 0. The summed E-state index contributed by atoms with van der Waals surface area (Å²) < 4.78 is 0. The Morgan fingerprint density at radius 2 is 0.323 bits per heavy atom. The zero-order valence-electron chi connectivity index (χ0n) is 33.4. The van der Waals surface area contributed by atoms with Gasteiger partial charge in [-0.2, -0.15) is 0 Å². The first-order valence-electron chi connectivity index (χ1n) is 21.1. The van der Waals surface area contributed by atoms with Gasteiger partial charge < -0.3 is 0 Å². The maximum atomic E-state index is 5.24. The van der Waals surface area contributed by atoms with Gasteiger partial charge in [0.2, 0.25) is 0 Å². The highest BCUT2D eigenvalue weighted by molar-refractivity contribution is 6.22. The Morgan fingerprint density at radius 3 is 0.484 bits per heavy atom. The fourth-order valence-electron chi connectivity index (χ4n) is 9.95. The molecule has 0 unspecified atom stereocenters. The van der Waals surface area contributed by atoms with Crippen molar-refractivity contribution >= 4 is 87.2 Å². The number of hydrogen-bond donors (Lipinski definition) is 0. The molecule has 0 fully saturated rings. The maximum absolute atomic E-state index is 5.24. The van der Waals surface area contributed by atoms with Crippen LogP contribution in [0.3, 0.4) is 0 Å². The molecule has 0 saturated heterocycles. The Labute approximate surface area is 356 Å². The third-order valence-corrected chi connectivity index (χ3v) is 12.6. The highest BCUT2D eigenvalue weighted by Gasteiger charge is 2.26. The Bertz CT molecular complexity index is 3270. The lowest BCUT2D eigenvalue weighted by atomic mass is 9.80. The van der Waals surface area contributed by atoms with Crippen LogP contribution in [0.1, 0.15) is 0 Å². The van der Waals surface area contributed by atoms with Crippen molar-refractivity contribution in [1.82, 2.24) is 19.9 Å². The van der Waals surface area contributed by atoms with E-state index in [2.05, 4.69) is 206 Å². The van der Waals surface area contributed by atoms with Crippen molar-refractivity contribution in [2.75, 3.05) is 0 Å². The van der Waals surface area contributed by atoms with Crippen molar-refractivity contribution in [3.8, 4) is 44.5 Å². The predicted octanol–water partition coefficient (Wildman–Crippen LogP) is 15.2. The molecule has 4 nitrogen and oxygen atoms in total. The molecule has 0 atom stereocenters. The molecule has 9 aromatic carbocycles. The van der Waals surface area contributed by atoms with Gasteiger partial charge in [0, 0.05) is 65.3 Å². The molecule has 0 bridgehead atoms. The Balaban J connectivity index is 1.33. The van der Waals surface area contributed by atoms with Crippen molar-refractivity contribution in [1.29, 1.82) is 0 Å². The van der Waals surface area contributed by atoms with Crippen LogP contribution in [0.25, 0.3) is 132 Å². The molecule has 0 aliphatic rings. The average Bonchev–Trinajstić information content (AvgIpc) is 3.33. The number of nitrogens with zero attached hydrogens (tertiary/aromatic N) is 4. The number of para-hydroxylation sites is 8. The van der Waals surface area contributed by atoms with Crippen molar-refractivity contribution in [2.24, 2.45) is 0 Å². The van der Waals surface area contributed by atoms with Crippen molar-refractivity contribution in [2.45, 2.75) is 0 Å². The van der Waals surface area contributed by atoms with Crippen LogP contribution in [-0.2, 0) is 0 Å². The molecule has 0 spiro atoms. The zero-order chi connectivity index (χ0) is 40.7. The van der Waals surface area contributed by atoms with E-state index in [0.717, 1.165) is 132 Å². The standard InChI is InChI=1S/C58H34N4/c1-9-25-47-35(17-1)55(36-18-2-10-26-48(36)59-47)43-33-45(57-39-21-5-13-29-51(39)61-52-30-14-6-22-40(52)57)46(58-41-23-7-15-31-53(41)62-54-32-16-8-24-42(54)58)34-44(43)56-37-19-3-11-27-49(37)60-50-28-12-4-20-38(50)56/h1-34H. The number of rotatable bonds is 4. The van der Waals surface area contributed by atoms with E-state index in [1.54, 1.807) is 0 Å². The second-order valence-corrected chi connectivity index (χ2v) is 16.0. The molecule has 0 aliphatic heterocycles. The van der Waals surface area contributed by atoms with E-state index in [1.165, 1.54) is 0 Å². The normalized spacial score (nSPS) is 11.9. The molecule has 0 amide bonds.